The molecule has 0 fully saturated rings. The van der Waals surface area contributed by atoms with Crippen molar-refractivity contribution in [3.8, 4) is 22.1 Å². The molecule has 35 heavy (non-hydrogen) atoms. The summed E-state index contributed by atoms with van der Waals surface area (Å²) in [6.45, 7) is -0.457. The molecule has 4 aromatic rings. The lowest BCUT2D eigenvalue weighted by molar-refractivity contribution is -0.114. The highest BCUT2D eigenvalue weighted by Gasteiger charge is 2.27. The van der Waals surface area contributed by atoms with Crippen LogP contribution in [0.3, 0.4) is 0 Å². The molecule has 0 saturated heterocycles. The number of nitrogens with zero attached hydrogens (tertiary/aromatic N) is 3. The number of carbonyl (C=O) groups is 1. The third-order valence-corrected chi connectivity index (χ3v) is 7.66. The molecule has 1 aromatic heterocycles. The van der Waals surface area contributed by atoms with E-state index in [2.05, 4.69) is 15.5 Å². The highest BCUT2D eigenvalue weighted by atomic mass is 32.2. The minimum Gasteiger partial charge on any atom is -0.497 e. The fourth-order valence-corrected chi connectivity index (χ4v) is 5.40. The molecule has 3 aromatic carbocycles. The monoisotopic (exact) mass is 510 g/mol. The quantitative estimate of drug-likeness (QED) is 0.362. The molecule has 1 N–H and O–H groups in total. The molecule has 4 rings (SSSR count). The molecule has 0 aliphatic heterocycles. The van der Waals surface area contributed by atoms with Crippen LogP contribution in [0, 0.1) is 0 Å². The van der Waals surface area contributed by atoms with E-state index in [-0.39, 0.29) is 10.0 Å². The number of hydrogen-bond donors (Lipinski definition) is 1. The number of ether oxygens (including phenoxy) is 2. The molecule has 0 radical (unpaired) electrons. The smallest absolute Gasteiger partial charge is 0.264 e. The lowest BCUT2D eigenvalue weighted by atomic mass is 10.2. The van der Waals surface area contributed by atoms with E-state index in [9.17, 15) is 13.2 Å². The fourth-order valence-electron chi connectivity index (χ4n) is 3.20. The van der Waals surface area contributed by atoms with Gasteiger partial charge in [-0.15, -0.1) is 10.2 Å². The number of rotatable bonds is 9. The number of amides is 1. The summed E-state index contributed by atoms with van der Waals surface area (Å²) in [5.74, 6) is 0.720. The molecule has 0 spiro atoms. The molecule has 11 heteroatoms. The largest absolute Gasteiger partial charge is 0.497 e. The van der Waals surface area contributed by atoms with Crippen molar-refractivity contribution in [1.82, 2.24) is 10.2 Å². The highest BCUT2D eigenvalue weighted by molar-refractivity contribution is 7.92. The molecule has 9 nitrogen and oxygen atoms in total. The summed E-state index contributed by atoms with van der Waals surface area (Å²) in [4.78, 5) is 13.0. The van der Waals surface area contributed by atoms with E-state index in [1.54, 1.807) is 61.7 Å². The zero-order valence-corrected chi connectivity index (χ0v) is 20.5. The van der Waals surface area contributed by atoms with Crippen LogP contribution in [0.1, 0.15) is 0 Å². The van der Waals surface area contributed by atoms with E-state index in [0.29, 0.717) is 22.2 Å². The van der Waals surface area contributed by atoms with E-state index < -0.39 is 22.5 Å². The zero-order chi connectivity index (χ0) is 24.8. The fraction of sp³-hybridized carbons (Fsp3) is 0.125. The third-order valence-electron chi connectivity index (χ3n) is 4.99. The predicted octanol–water partition coefficient (Wildman–Crippen LogP) is 4.06. The van der Waals surface area contributed by atoms with Gasteiger partial charge in [0, 0.05) is 5.56 Å². The molecule has 1 amide bonds. The Labute approximate surface area is 207 Å². The number of aromatic nitrogens is 2. The lowest BCUT2D eigenvalue weighted by Gasteiger charge is -2.24. The molecule has 0 aliphatic carbocycles. The van der Waals surface area contributed by atoms with Gasteiger partial charge in [0.1, 0.15) is 23.1 Å². The third kappa shape index (κ3) is 5.58. The van der Waals surface area contributed by atoms with Crippen LogP contribution in [0.15, 0.2) is 83.8 Å². The van der Waals surface area contributed by atoms with E-state index >= 15 is 0 Å². The molecule has 0 saturated carbocycles. The van der Waals surface area contributed by atoms with Crippen LogP contribution in [0.4, 0.5) is 10.8 Å². The summed E-state index contributed by atoms with van der Waals surface area (Å²) >= 11 is 1.18. The highest BCUT2D eigenvalue weighted by Crippen LogP contribution is 2.29. The second kappa shape index (κ2) is 10.5. The summed E-state index contributed by atoms with van der Waals surface area (Å²) in [5, 5.41) is 11.6. The van der Waals surface area contributed by atoms with E-state index in [1.807, 2.05) is 12.1 Å². The Kier molecular flexibility index (Phi) is 7.28. The first-order valence-electron chi connectivity index (χ1n) is 10.4. The van der Waals surface area contributed by atoms with Gasteiger partial charge in [0.2, 0.25) is 11.0 Å². The Balaban J connectivity index is 1.56. The number of sulfonamides is 1. The van der Waals surface area contributed by atoms with Crippen molar-refractivity contribution >= 4 is 38.1 Å². The Morgan fingerprint density at radius 2 is 1.49 bits per heavy atom. The van der Waals surface area contributed by atoms with Crippen LogP contribution in [-0.2, 0) is 14.8 Å². The van der Waals surface area contributed by atoms with Crippen molar-refractivity contribution in [3.05, 3.63) is 78.9 Å². The van der Waals surface area contributed by atoms with Crippen LogP contribution in [0.5, 0.6) is 11.5 Å². The number of anilines is 2. The second-order valence-electron chi connectivity index (χ2n) is 7.21. The minimum absolute atomic E-state index is 0.0707. The van der Waals surface area contributed by atoms with Crippen LogP contribution >= 0.6 is 11.3 Å². The van der Waals surface area contributed by atoms with Gasteiger partial charge in [-0.3, -0.25) is 14.4 Å². The molecule has 0 bridgehead atoms. The molecular weight excluding hydrogens is 488 g/mol. The summed E-state index contributed by atoms with van der Waals surface area (Å²) in [6.07, 6.45) is 0. The summed E-state index contributed by atoms with van der Waals surface area (Å²) < 4.78 is 38.2. The van der Waals surface area contributed by atoms with Crippen molar-refractivity contribution in [3.63, 3.8) is 0 Å². The van der Waals surface area contributed by atoms with Crippen molar-refractivity contribution < 1.29 is 22.7 Å². The number of nitrogens with one attached hydrogen (secondary N) is 1. The lowest BCUT2D eigenvalue weighted by Crippen LogP contribution is -2.38. The average molecular weight is 511 g/mol. The van der Waals surface area contributed by atoms with E-state index in [4.69, 9.17) is 9.47 Å². The summed E-state index contributed by atoms with van der Waals surface area (Å²) in [6, 6.07) is 21.6. The van der Waals surface area contributed by atoms with Gasteiger partial charge in [-0.05, 0) is 60.7 Å². The molecule has 0 unspecified atom stereocenters. The topological polar surface area (TPSA) is 111 Å². The summed E-state index contributed by atoms with van der Waals surface area (Å²) in [5.41, 5.74) is 1.14. The number of carbonyl (C=O) groups excluding carboxylic acids is 1. The first-order valence-corrected chi connectivity index (χ1v) is 12.7. The van der Waals surface area contributed by atoms with Crippen molar-refractivity contribution in [2.45, 2.75) is 4.90 Å². The van der Waals surface area contributed by atoms with Gasteiger partial charge < -0.3 is 9.47 Å². The van der Waals surface area contributed by atoms with E-state index in [0.717, 1.165) is 9.87 Å². The first-order chi connectivity index (χ1) is 16.9. The van der Waals surface area contributed by atoms with Crippen molar-refractivity contribution in [2.24, 2.45) is 0 Å². The number of hydrogen-bond acceptors (Lipinski definition) is 8. The average Bonchev–Trinajstić information content (AvgIpc) is 3.36. The van der Waals surface area contributed by atoms with Crippen molar-refractivity contribution in [1.29, 1.82) is 0 Å². The van der Waals surface area contributed by atoms with Crippen LogP contribution in [0.2, 0.25) is 0 Å². The van der Waals surface area contributed by atoms with Gasteiger partial charge in [0.05, 0.1) is 24.8 Å². The normalized spacial score (nSPS) is 11.0. The maximum atomic E-state index is 13.4. The second-order valence-corrected chi connectivity index (χ2v) is 10.1. The maximum Gasteiger partial charge on any atom is 0.264 e. The molecule has 180 valence electrons. The first kappa shape index (κ1) is 24.2. The van der Waals surface area contributed by atoms with Gasteiger partial charge in [0.25, 0.3) is 10.0 Å². The molecule has 0 aliphatic rings. The van der Waals surface area contributed by atoms with Gasteiger partial charge in [-0.2, -0.15) is 0 Å². The maximum absolute atomic E-state index is 13.4. The zero-order valence-electron chi connectivity index (χ0n) is 18.9. The van der Waals surface area contributed by atoms with Gasteiger partial charge in [-0.1, -0.05) is 29.5 Å². The number of benzene rings is 3. The van der Waals surface area contributed by atoms with Gasteiger partial charge in [-0.25, -0.2) is 8.42 Å². The van der Waals surface area contributed by atoms with Gasteiger partial charge >= 0.3 is 0 Å². The van der Waals surface area contributed by atoms with E-state index in [1.165, 1.54) is 30.6 Å². The Bertz CT molecular complexity index is 1390. The van der Waals surface area contributed by atoms with Gasteiger partial charge in [0.15, 0.2) is 0 Å². The Morgan fingerprint density at radius 3 is 2.09 bits per heavy atom. The Hall–Kier alpha value is -3.96. The Morgan fingerprint density at radius 1 is 0.886 bits per heavy atom. The molecule has 1 heterocycles. The number of methoxy groups -OCH3 is 2. The molecular formula is C24H22N4O5S2. The standard InChI is InChI=1S/C24H22N4O5S2/c1-32-19-12-8-17(9-13-19)23-26-27-24(34-23)25-22(29)16-28(18-10-14-20(33-2)15-11-18)35(30,31)21-6-4-3-5-7-21/h3-15H,16H2,1-2H3,(H,25,27,29). The van der Waals surface area contributed by atoms with Crippen LogP contribution in [0.25, 0.3) is 10.6 Å². The minimum atomic E-state index is -4.02. The van der Waals surface area contributed by atoms with Crippen molar-refractivity contribution in [2.75, 3.05) is 30.4 Å². The summed E-state index contributed by atoms with van der Waals surface area (Å²) in [7, 11) is -0.917. The van der Waals surface area contributed by atoms with Crippen LogP contribution in [-0.4, -0.2) is 45.3 Å². The van der Waals surface area contributed by atoms with Crippen LogP contribution < -0.4 is 19.1 Å². The predicted molar refractivity (Wildman–Crippen MR) is 134 cm³/mol. The molecule has 0 atom stereocenters. The SMILES string of the molecule is COc1ccc(-c2nnc(NC(=O)CN(c3ccc(OC)cc3)S(=O)(=O)c3ccccc3)s2)cc1.